The van der Waals surface area contributed by atoms with E-state index in [1.807, 2.05) is 0 Å². The van der Waals surface area contributed by atoms with E-state index in [9.17, 15) is 0 Å². The molecule has 1 heteroatoms. The molecule has 0 saturated carbocycles. The molecule has 0 saturated heterocycles. The maximum atomic E-state index is 2.50. The molecule has 0 aliphatic heterocycles. The van der Waals surface area contributed by atoms with Gasteiger partial charge in [-0.3, -0.25) is 0 Å². The lowest BCUT2D eigenvalue weighted by Crippen LogP contribution is -2.28. The molecule has 1 nitrogen and oxygen atoms in total. The zero-order chi connectivity index (χ0) is 42.5. The van der Waals surface area contributed by atoms with Gasteiger partial charge < -0.3 is 4.90 Å². The van der Waals surface area contributed by atoms with Gasteiger partial charge in [-0.2, -0.15) is 0 Å². The van der Waals surface area contributed by atoms with Gasteiger partial charge >= 0.3 is 0 Å². The molecule has 0 radical (unpaired) electrons. The van der Waals surface area contributed by atoms with E-state index < -0.39 is 5.41 Å². The van der Waals surface area contributed by atoms with Crippen molar-refractivity contribution in [3.8, 4) is 44.5 Å². The standard InChI is InChI=1S/C63H43N/c1-4-18-44(19-5-1)46-36-38-52(39-37-46)64(53-40-41-57-56-29-14-15-32-59(56)63(60(57)43-53,50-24-6-2-7-25-50)51-26-8-3-9-27-51)61-33-17-31-58(55-30-16-23-47-21-12-13-28-54(47)55)62(61)49-35-34-45-20-10-11-22-48(45)42-49/h1-43H. The Balaban J connectivity index is 1.16. The lowest BCUT2D eigenvalue weighted by molar-refractivity contribution is 0.768. The van der Waals surface area contributed by atoms with E-state index in [0.29, 0.717) is 0 Å². The summed E-state index contributed by atoms with van der Waals surface area (Å²) in [6, 6.07) is 96.1. The Kier molecular flexibility index (Phi) is 9.13. The van der Waals surface area contributed by atoms with Gasteiger partial charge in [0, 0.05) is 16.9 Å². The second-order valence-corrected chi connectivity index (χ2v) is 16.8. The van der Waals surface area contributed by atoms with E-state index in [0.717, 1.165) is 17.1 Å². The van der Waals surface area contributed by atoms with Gasteiger partial charge in [0.2, 0.25) is 0 Å². The van der Waals surface area contributed by atoms with Crippen LogP contribution in [0, 0.1) is 0 Å². The average molecular weight is 814 g/mol. The maximum absolute atomic E-state index is 2.50. The topological polar surface area (TPSA) is 3.24 Å². The summed E-state index contributed by atoms with van der Waals surface area (Å²) >= 11 is 0. The van der Waals surface area contributed by atoms with Crippen LogP contribution in [-0.4, -0.2) is 0 Å². The minimum absolute atomic E-state index is 0.542. The molecule has 12 rings (SSSR count). The molecular formula is C63H43N. The molecule has 0 fully saturated rings. The molecule has 0 spiro atoms. The van der Waals surface area contributed by atoms with E-state index in [1.54, 1.807) is 0 Å². The molecule has 300 valence electrons. The summed E-state index contributed by atoms with van der Waals surface area (Å²) in [6.07, 6.45) is 0. The Morgan fingerprint density at radius 3 is 1.58 bits per heavy atom. The minimum Gasteiger partial charge on any atom is -0.310 e. The van der Waals surface area contributed by atoms with Crippen LogP contribution in [0.1, 0.15) is 22.3 Å². The van der Waals surface area contributed by atoms with Crippen molar-refractivity contribution in [3.05, 3.63) is 283 Å². The SMILES string of the molecule is c1ccc(-c2ccc(N(c3ccc4c(c3)C(c3ccccc3)(c3ccccc3)c3ccccc3-4)c3cccc(-c4cccc5ccccc45)c3-c3ccc4ccccc4c3)cc2)cc1. The quantitative estimate of drug-likeness (QED) is 0.148. The predicted octanol–water partition coefficient (Wildman–Crippen LogP) is 16.8. The maximum Gasteiger partial charge on any atom is 0.0714 e. The number of hydrogen-bond donors (Lipinski definition) is 0. The average Bonchev–Trinajstić information content (AvgIpc) is 3.67. The fraction of sp³-hybridized carbons (Fsp3) is 0.0159. The van der Waals surface area contributed by atoms with Crippen molar-refractivity contribution in [3.63, 3.8) is 0 Å². The van der Waals surface area contributed by atoms with Crippen LogP contribution in [0.3, 0.4) is 0 Å². The van der Waals surface area contributed by atoms with Crippen molar-refractivity contribution in [2.24, 2.45) is 0 Å². The first kappa shape index (κ1) is 37.5. The Labute approximate surface area is 374 Å². The van der Waals surface area contributed by atoms with Crippen LogP contribution in [0.5, 0.6) is 0 Å². The smallest absolute Gasteiger partial charge is 0.0714 e. The third-order valence-electron chi connectivity index (χ3n) is 13.3. The zero-order valence-corrected chi connectivity index (χ0v) is 35.3. The highest BCUT2D eigenvalue weighted by molar-refractivity contribution is 6.06. The molecule has 0 heterocycles. The first-order valence-corrected chi connectivity index (χ1v) is 22.2. The van der Waals surface area contributed by atoms with Crippen molar-refractivity contribution in [1.29, 1.82) is 0 Å². The van der Waals surface area contributed by atoms with Crippen LogP contribution in [0.15, 0.2) is 261 Å². The fourth-order valence-corrected chi connectivity index (χ4v) is 10.5. The van der Waals surface area contributed by atoms with Crippen molar-refractivity contribution >= 4 is 38.6 Å². The Hall–Kier alpha value is -8.26. The molecule has 64 heavy (non-hydrogen) atoms. The number of rotatable bonds is 8. The summed E-state index contributed by atoms with van der Waals surface area (Å²) in [5.41, 5.74) is 17.4. The summed E-state index contributed by atoms with van der Waals surface area (Å²) < 4.78 is 0. The van der Waals surface area contributed by atoms with Gasteiger partial charge in [0.1, 0.15) is 0 Å². The second-order valence-electron chi connectivity index (χ2n) is 16.8. The van der Waals surface area contributed by atoms with E-state index in [2.05, 4.69) is 266 Å². The van der Waals surface area contributed by atoms with Crippen LogP contribution in [-0.2, 0) is 5.41 Å². The van der Waals surface area contributed by atoms with Crippen LogP contribution in [0.4, 0.5) is 17.1 Å². The van der Waals surface area contributed by atoms with E-state index in [1.165, 1.54) is 88.3 Å². The summed E-state index contributed by atoms with van der Waals surface area (Å²) in [4.78, 5) is 2.50. The molecule has 0 N–H and O–H groups in total. The monoisotopic (exact) mass is 813 g/mol. The predicted molar refractivity (Wildman–Crippen MR) is 270 cm³/mol. The Bertz CT molecular complexity index is 3440. The van der Waals surface area contributed by atoms with Gasteiger partial charge in [0.15, 0.2) is 0 Å². The number of nitrogens with zero attached hydrogens (tertiary/aromatic N) is 1. The minimum atomic E-state index is -0.542. The third kappa shape index (κ3) is 6.08. The number of fused-ring (bicyclic) bond motifs is 5. The number of hydrogen-bond acceptors (Lipinski definition) is 1. The molecule has 0 bridgehead atoms. The van der Waals surface area contributed by atoms with E-state index >= 15 is 0 Å². The molecule has 1 aliphatic rings. The van der Waals surface area contributed by atoms with Crippen LogP contribution in [0.25, 0.3) is 66.1 Å². The van der Waals surface area contributed by atoms with Crippen molar-refractivity contribution in [2.45, 2.75) is 5.41 Å². The highest BCUT2D eigenvalue weighted by Crippen LogP contribution is 2.58. The van der Waals surface area contributed by atoms with Crippen LogP contribution in [0.2, 0.25) is 0 Å². The highest BCUT2D eigenvalue weighted by Gasteiger charge is 2.46. The van der Waals surface area contributed by atoms with Gasteiger partial charge in [-0.15, -0.1) is 0 Å². The normalized spacial score (nSPS) is 12.5. The lowest BCUT2D eigenvalue weighted by Gasteiger charge is -2.35. The number of benzene rings is 11. The molecule has 1 aliphatic carbocycles. The van der Waals surface area contributed by atoms with E-state index in [4.69, 9.17) is 0 Å². The largest absolute Gasteiger partial charge is 0.310 e. The first-order valence-electron chi connectivity index (χ1n) is 22.2. The fourth-order valence-electron chi connectivity index (χ4n) is 10.5. The molecular weight excluding hydrogens is 771 g/mol. The second kappa shape index (κ2) is 15.6. The summed E-state index contributed by atoms with van der Waals surface area (Å²) in [6.45, 7) is 0. The van der Waals surface area contributed by atoms with Gasteiger partial charge in [0.05, 0.1) is 11.1 Å². The molecule has 0 amide bonds. The Morgan fingerprint density at radius 1 is 0.281 bits per heavy atom. The van der Waals surface area contributed by atoms with Crippen molar-refractivity contribution in [2.75, 3.05) is 4.90 Å². The lowest BCUT2D eigenvalue weighted by atomic mass is 9.67. The molecule has 0 atom stereocenters. The van der Waals surface area contributed by atoms with Gasteiger partial charge in [-0.25, -0.2) is 0 Å². The summed E-state index contributed by atoms with van der Waals surface area (Å²) in [5, 5.41) is 4.89. The van der Waals surface area contributed by atoms with Crippen LogP contribution >= 0.6 is 0 Å². The zero-order valence-electron chi connectivity index (χ0n) is 35.3. The Morgan fingerprint density at radius 2 is 0.812 bits per heavy atom. The molecule has 11 aromatic rings. The molecule has 0 unspecified atom stereocenters. The van der Waals surface area contributed by atoms with Crippen molar-refractivity contribution in [1.82, 2.24) is 0 Å². The third-order valence-corrected chi connectivity index (χ3v) is 13.3. The van der Waals surface area contributed by atoms with Gasteiger partial charge in [-0.05, 0) is 119 Å². The highest BCUT2D eigenvalue weighted by atomic mass is 15.1. The van der Waals surface area contributed by atoms with Crippen LogP contribution < -0.4 is 4.90 Å². The first-order chi connectivity index (χ1) is 31.8. The molecule has 0 aromatic heterocycles. The molecule has 11 aromatic carbocycles. The number of anilines is 3. The van der Waals surface area contributed by atoms with E-state index in [-0.39, 0.29) is 0 Å². The van der Waals surface area contributed by atoms with Crippen molar-refractivity contribution < 1.29 is 0 Å². The summed E-state index contributed by atoms with van der Waals surface area (Å²) in [5.74, 6) is 0. The van der Waals surface area contributed by atoms with Gasteiger partial charge in [-0.1, -0.05) is 224 Å². The van der Waals surface area contributed by atoms with Gasteiger partial charge in [0.25, 0.3) is 0 Å². The summed E-state index contributed by atoms with van der Waals surface area (Å²) in [7, 11) is 0.